The lowest BCUT2D eigenvalue weighted by molar-refractivity contribution is -0.362. The van der Waals surface area contributed by atoms with Gasteiger partial charge in [0.2, 0.25) is 17.5 Å². The van der Waals surface area contributed by atoms with E-state index < -0.39 is 133 Å². The molecule has 20 nitrogen and oxygen atoms in total. The van der Waals surface area contributed by atoms with E-state index in [4.69, 9.17) is 32.8 Å². The average Bonchev–Trinajstić information content (AvgIpc) is 3.12. The second kappa shape index (κ2) is 15.6. The van der Waals surface area contributed by atoms with Gasteiger partial charge >= 0.3 is 0 Å². The Morgan fingerprint density at radius 2 is 1.30 bits per heavy atom. The molecule has 15 atom stereocenters. The van der Waals surface area contributed by atoms with E-state index in [9.17, 15) is 66.1 Å². The number of phenolic OH excluding ortho intramolecular Hbond substituents is 3. The number of benzene rings is 2. The molecule has 4 heterocycles. The van der Waals surface area contributed by atoms with Crippen LogP contribution in [0.3, 0.4) is 0 Å². The van der Waals surface area contributed by atoms with Gasteiger partial charge in [-0.2, -0.15) is 0 Å². The van der Waals surface area contributed by atoms with Crippen molar-refractivity contribution < 1.29 is 94.1 Å². The number of aromatic hydroxyl groups is 3. The van der Waals surface area contributed by atoms with E-state index >= 15 is 0 Å². The molecule has 12 N–H and O–H groups in total. The van der Waals surface area contributed by atoms with Crippen molar-refractivity contribution in [2.24, 2.45) is 0 Å². The van der Waals surface area contributed by atoms with Gasteiger partial charge in [-0.3, -0.25) is 4.79 Å². The SMILES string of the molecule is C[C@@H]1O[C@@H](OC[C@H]2O[C@H](Oc3c(-c4ccc(O)cc4)oc4cc(O)cc(O)c4c3=O)[C@H](O[C@H]3O[C@H](CO)[C@H](O)[C@@H](O)[C@H]3O)[C@H](O)[C@@H]2O)[C@@H](O)[C@@H](O)[C@H]1O. The smallest absolute Gasteiger partial charge is 0.239 e. The van der Waals surface area contributed by atoms with E-state index in [1.165, 1.54) is 31.2 Å². The molecule has 0 bridgehead atoms. The van der Waals surface area contributed by atoms with Crippen LogP contribution in [0.5, 0.6) is 23.0 Å². The predicted octanol–water partition coefficient (Wildman–Crippen LogP) is -3.57. The summed E-state index contributed by atoms with van der Waals surface area (Å²) in [4.78, 5) is 14.0. The Labute approximate surface area is 298 Å². The number of ether oxygens (including phenoxy) is 6. The van der Waals surface area contributed by atoms with Crippen LogP contribution in [-0.2, 0) is 23.7 Å². The zero-order valence-electron chi connectivity index (χ0n) is 27.7. The minimum Gasteiger partial charge on any atom is -0.508 e. The van der Waals surface area contributed by atoms with Crippen molar-refractivity contribution in [3.05, 3.63) is 46.6 Å². The molecule has 3 saturated heterocycles. The fourth-order valence-electron chi connectivity index (χ4n) is 6.25. The Balaban J connectivity index is 1.39. The first-order valence-electron chi connectivity index (χ1n) is 16.4. The molecule has 0 aliphatic carbocycles. The Morgan fingerprint density at radius 3 is 1.98 bits per heavy atom. The van der Waals surface area contributed by atoms with Crippen LogP contribution in [0.25, 0.3) is 22.3 Å². The highest BCUT2D eigenvalue weighted by molar-refractivity contribution is 5.88. The van der Waals surface area contributed by atoms with Gasteiger partial charge in [0.05, 0.1) is 19.3 Å². The van der Waals surface area contributed by atoms with Crippen molar-refractivity contribution in [2.45, 2.75) is 99.0 Å². The first-order valence-corrected chi connectivity index (χ1v) is 16.4. The number of hydrogen-bond donors (Lipinski definition) is 12. The normalized spacial score (nSPS) is 37.8. The third-order valence-electron chi connectivity index (χ3n) is 9.30. The van der Waals surface area contributed by atoms with Gasteiger partial charge in [-0.05, 0) is 31.2 Å². The molecule has 53 heavy (non-hydrogen) atoms. The van der Waals surface area contributed by atoms with E-state index in [2.05, 4.69) is 0 Å². The maximum absolute atomic E-state index is 14.0. The second-order valence-electron chi connectivity index (χ2n) is 12.9. The van der Waals surface area contributed by atoms with Crippen molar-refractivity contribution in [2.75, 3.05) is 13.2 Å². The Bertz CT molecular complexity index is 1780. The van der Waals surface area contributed by atoms with E-state index in [-0.39, 0.29) is 22.7 Å². The van der Waals surface area contributed by atoms with E-state index in [0.717, 1.165) is 12.1 Å². The lowest BCUT2D eigenvalue weighted by Gasteiger charge is -2.46. The number of fused-ring (bicyclic) bond motifs is 1. The summed E-state index contributed by atoms with van der Waals surface area (Å²) in [6.07, 6.45) is -26.1. The minimum atomic E-state index is -2.06. The van der Waals surface area contributed by atoms with E-state index in [1.54, 1.807) is 0 Å². The molecule has 0 radical (unpaired) electrons. The summed E-state index contributed by atoms with van der Waals surface area (Å²) in [7, 11) is 0. The van der Waals surface area contributed by atoms with Crippen LogP contribution in [-0.4, -0.2) is 167 Å². The fraction of sp³-hybridized carbons (Fsp3) is 0.545. The van der Waals surface area contributed by atoms with Gasteiger partial charge in [-0.15, -0.1) is 0 Å². The highest BCUT2D eigenvalue weighted by Gasteiger charge is 2.52. The molecule has 1 aromatic heterocycles. The van der Waals surface area contributed by atoms with Gasteiger partial charge in [-0.1, -0.05) is 0 Å². The molecule has 3 aliphatic rings. The standard InChI is InChI=1S/C33H40O20/c1-10-19(38)23(42)26(45)31(48-10)47-9-17-21(40)25(44)30(53-32-27(46)24(43)20(39)16(8-34)50-32)33(51-17)52-29-22(41)18-14(37)6-13(36)7-15(18)49-28(29)11-2-4-12(35)5-3-11/h2-7,10,16-17,19-21,23-27,30-40,42-46H,8-9H2,1H3/t10-,16+,17+,19-,20-,21+,23-,24+,25+,26-,27+,30+,31+,32+,33+/m0/s1. The van der Waals surface area contributed by atoms with Crippen LogP contribution in [0, 0.1) is 0 Å². The van der Waals surface area contributed by atoms with Crippen molar-refractivity contribution in [1.29, 1.82) is 0 Å². The molecular formula is C33H40O20. The number of rotatable bonds is 9. The van der Waals surface area contributed by atoms with E-state index in [1.807, 2.05) is 0 Å². The summed E-state index contributed by atoms with van der Waals surface area (Å²) in [5, 5.41) is 124. The summed E-state index contributed by atoms with van der Waals surface area (Å²) >= 11 is 0. The molecule has 0 unspecified atom stereocenters. The Hall–Kier alpha value is -3.71. The first-order chi connectivity index (χ1) is 25.1. The van der Waals surface area contributed by atoms with Gasteiger partial charge in [0, 0.05) is 17.7 Å². The zero-order valence-corrected chi connectivity index (χ0v) is 27.7. The molecule has 3 fully saturated rings. The van der Waals surface area contributed by atoms with Crippen LogP contribution in [0.1, 0.15) is 6.92 Å². The third-order valence-corrected chi connectivity index (χ3v) is 9.30. The quantitative estimate of drug-likeness (QED) is 0.100. The predicted molar refractivity (Wildman–Crippen MR) is 171 cm³/mol. The summed E-state index contributed by atoms with van der Waals surface area (Å²) in [6.45, 7) is -0.140. The second-order valence-corrected chi connectivity index (χ2v) is 12.9. The Morgan fingerprint density at radius 1 is 0.679 bits per heavy atom. The molecule has 0 spiro atoms. The monoisotopic (exact) mass is 756 g/mol. The van der Waals surface area contributed by atoms with Gasteiger partial charge in [0.15, 0.2) is 24.4 Å². The molecule has 0 amide bonds. The van der Waals surface area contributed by atoms with Crippen LogP contribution in [0.4, 0.5) is 0 Å². The fourth-order valence-corrected chi connectivity index (χ4v) is 6.25. The van der Waals surface area contributed by atoms with E-state index in [0.29, 0.717) is 0 Å². The molecule has 3 aliphatic heterocycles. The summed E-state index contributed by atoms with van der Waals surface area (Å²) in [5.41, 5.74) is -1.23. The van der Waals surface area contributed by atoms with Crippen LogP contribution in [0.15, 0.2) is 45.6 Å². The van der Waals surface area contributed by atoms with Crippen LogP contribution < -0.4 is 10.2 Å². The Kier molecular flexibility index (Phi) is 11.5. The molecule has 3 aromatic rings. The number of aliphatic hydroxyl groups excluding tert-OH is 9. The van der Waals surface area contributed by atoms with Gasteiger partial charge in [0.1, 0.15) is 89.3 Å². The highest BCUT2D eigenvalue weighted by Crippen LogP contribution is 2.38. The third kappa shape index (κ3) is 7.52. The van der Waals surface area contributed by atoms with Crippen molar-refractivity contribution in [3.8, 4) is 34.3 Å². The van der Waals surface area contributed by atoms with Crippen LogP contribution in [0.2, 0.25) is 0 Å². The van der Waals surface area contributed by atoms with Crippen LogP contribution >= 0.6 is 0 Å². The molecule has 2 aromatic carbocycles. The molecule has 0 saturated carbocycles. The topological polar surface area (TPSA) is 328 Å². The molecule has 292 valence electrons. The van der Waals surface area contributed by atoms with Crippen molar-refractivity contribution >= 4 is 11.0 Å². The summed E-state index contributed by atoms with van der Waals surface area (Å²) in [5.74, 6) is -2.39. The van der Waals surface area contributed by atoms with Gasteiger partial charge in [0.25, 0.3) is 0 Å². The van der Waals surface area contributed by atoms with Gasteiger partial charge < -0.3 is 94.1 Å². The largest absolute Gasteiger partial charge is 0.508 e. The van der Waals surface area contributed by atoms with Crippen molar-refractivity contribution in [3.63, 3.8) is 0 Å². The minimum absolute atomic E-state index is 0.112. The first kappa shape index (κ1) is 39.0. The lowest BCUT2D eigenvalue weighted by Crippen LogP contribution is -2.65. The number of phenols is 3. The zero-order chi connectivity index (χ0) is 38.5. The maximum Gasteiger partial charge on any atom is 0.239 e. The summed E-state index contributed by atoms with van der Waals surface area (Å²) < 4.78 is 40.0. The molecule has 20 heteroatoms. The summed E-state index contributed by atoms with van der Waals surface area (Å²) in [6, 6.07) is 7.05. The molecular weight excluding hydrogens is 716 g/mol. The number of hydrogen-bond acceptors (Lipinski definition) is 20. The highest BCUT2D eigenvalue weighted by atomic mass is 16.8. The average molecular weight is 757 g/mol. The van der Waals surface area contributed by atoms with Gasteiger partial charge in [-0.25, -0.2) is 0 Å². The maximum atomic E-state index is 14.0. The number of aliphatic hydroxyl groups is 9. The lowest BCUT2D eigenvalue weighted by atomic mass is 9.97. The molecule has 6 rings (SSSR count). The van der Waals surface area contributed by atoms with Crippen molar-refractivity contribution in [1.82, 2.24) is 0 Å².